The Morgan fingerprint density at radius 2 is 1.56 bits per heavy atom. The Bertz CT molecular complexity index is 701. The van der Waals surface area contributed by atoms with Gasteiger partial charge in [0.1, 0.15) is 0 Å². The molecular weight excluding hydrogens is 300 g/mol. The van der Waals surface area contributed by atoms with E-state index in [0.29, 0.717) is 5.92 Å². The summed E-state index contributed by atoms with van der Waals surface area (Å²) in [4.78, 5) is 0. The van der Waals surface area contributed by atoms with Gasteiger partial charge < -0.3 is 0 Å². The number of benzene rings is 2. The van der Waals surface area contributed by atoms with Crippen molar-refractivity contribution in [3.63, 3.8) is 0 Å². The molecular formula is C25H30. The van der Waals surface area contributed by atoms with Crippen LogP contribution in [0.5, 0.6) is 0 Å². The number of hydrogen-bond donors (Lipinski definition) is 0. The van der Waals surface area contributed by atoms with Gasteiger partial charge in [-0.2, -0.15) is 0 Å². The predicted octanol–water partition coefficient (Wildman–Crippen LogP) is 6.66. The Morgan fingerprint density at radius 1 is 0.880 bits per heavy atom. The highest BCUT2D eigenvalue weighted by atomic mass is 14.2. The number of hydrogen-bond acceptors (Lipinski definition) is 0. The van der Waals surface area contributed by atoms with Gasteiger partial charge in [0.05, 0.1) is 0 Å². The summed E-state index contributed by atoms with van der Waals surface area (Å²) in [6, 6.07) is 18.0. The fourth-order valence-electron chi connectivity index (χ4n) is 3.73. The fraction of sp³-hybridized carbons (Fsp3) is 0.440. The van der Waals surface area contributed by atoms with Gasteiger partial charge in [0, 0.05) is 11.5 Å². The molecule has 0 aliphatic heterocycles. The summed E-state index contributed by atoms with van der Waals surface area (Å²) >= 11 is 0. The number of rotatable bonds is 4. The minimum absolute atomic E-state index is 0.571. The summed E-state index contributed by atoms with van der Waals surface area (Å²) in [5.74, 6) is 8.25. The van der Waals surface area contributed by atoms with Crippen molar-refractivity contribution in [1.82, 2.24) is 0 Å². The molecule has 3 rings (SSSR count). The Morgan fingerprint density at radius 3 is 2.20 bits per heavy atom. The zero-order chi connectivity index (χ0) is 17.5. The van der Waals surface area contributed by atoms with Crippen molar-refractivity contribution in [1.29, 1.82) is 0 Å². The minimum atomic E-state index is 0.571. The van der Waals surface area contributed by atoms with Gasteiger partial charge >= 0.3 is 0 Å². The first-order chi connectivity index (χ1) is 12.2. The van der Waals surface area contributed by atoms with Gasteiger partial charge in [-0.05, 0) is 74.6 Å². The average Bonchev–Trinajstić information content (AvgIpc) is 2.67. The average molecular weight is 331 g/mol. The van der Waals surface area contributed by atoms with Gasteiger partial charge in [-0.3, -0.25) is 0 Å². The molecule has 1 saturated carbocycles. The third-order valence-electron chi connectivity index (χ3n) is 5.47. The van der Waals surface area contributed by atoms with Gasteiger partial charge in [0.25, 0.3) is 0 Å². The van der Waals surface area contributed by atoms with Crippen LogP contribution in [0.1, 0.15) is 73.6 Å². The Kier molecular flexibility index (Phi) is 6.35. The molecule has 0 radical (unpaired) electrons. The molecule has 0 amide bonds. The standard InChI is InChI=1S/C25H30/c1-3-4-5-21-8-10-22(11-9-21)12-13-23-14-18-25(19-15-23)24-16-6-20(2)7-17-24/h6-11,16-17,23,25H,3-5,14-15,18-19H2,1-2H3. The maximum absolute atomic E-state index is 3.53. The van der Waals surface area contributed by atoms with Crippen LogP contribution in [0.2, 0.25) is 0 Å². The molecule has 0 heteroatoms. The van der Waals surface area contributed by atoms with Crippen molar-refractivity contribution < 1.29 is 0 Å². The monoisotopic (exact) mass is 330 g/mol. The van der Waals surface area contributed by atoms with Crippen LogP contribution in [0.15, 0.2) is 48.5 Å². The van der Waals surface area contributed by atoms with Crippen molar-refractivity contribution in [3.05, 3.63) is 70.8 Å². The quantitative estimate of drug-likeness (QED) is 0.550. The van der Waals surface area contributed by atoms with E-state index in [1.54, 1.807) is 0 Å². The lowest BCUT2D eigenvalue weighted by Gasteiger charge is -2.26. The number of aryl methyl sites for hydroxylation is 2. The molecule has 1 aliphatic carbocycles. The lowest BCUT2D eigenvalue weighted by atomic mass is 9.79. The molecule has 130 valence electrons. The molecule has 0 atom stereocenters. The second-order valence-corrected chi connectivity index (χ2v) is 7.53. The van der Waals surface area contributed by atoms with Crippen LogP contribution >= 0.6 is 0 Å². The van der Waals surface area contributed by atoms with E-state index in [1.807, 2.05) is 0 Å². The van der Waals surface area contributed by atoms with E-state index >= 15 is 0 Å². The fourth-order valence-corrected chi connectivity index (χ4v) is 3.73. The van der Waals surface area contributed by atoms with Crippen molar-refractivity contribution in [2.45, 2.75) is 64.7 Å². The van der Waals surface area contributed by atoms with E-state index < -0.39 is 0 Å². The molecule has 0 aromatic heterocycles. The summed E-state index contributed by atoms with van der Waals surface area (Å²) in [5.41, 5.74) is 5.47. The zero-order valence-corrected chi connectivity index (χ0v) is 15.7. The third kappa shape index (κ3) is 5.23. The van der Waals surface area contributed by atoms with Crippen LogP contribution in [0.25, 0.3) is 0 Å². The smallest absolute Gasteiger partial charge is 0.0245 e. The minimum Gasteiger partial charge on any atom is -0.0945 e. The topological polar surface area (TPSA) is 0 Å². The molecule has 2 aromatic rings. The van der Waals surface area contributed by atoms with Crippen molar-refractivity contribution in [2.75, 3.05) is 0 Å². The lowest BCUT2D eigenvalue weighted by Crippen LogP contribution is -2.12. The van der Waals surface area contributed by atoms with Crippen molar-refractivity contribution >= 4 is 0 Å². The van der Waals surface area contributed by atoms with Gasteiger partial charge in [-0.1, -0.05) is 67.1 Å². The van der Waals surface area contributed by atoms with Gasteiger partial charge in [-0.25, -0.2) is 0 Å². The van der Waals surface area contributed by atoms with E-state index in [0.717, 1.165) is 5.92 Å². The first-order valence-electron chi connectivity index (χ1n) is 9.91. The highest BCUT2D eigenvalue weighted by molar-refractivity contribution is 5.37. The van der Waals surface area contributed by atoms with E-state index in [1.165, 1.54) is 67.2 Å². The van der Waals surface area contributed by atoms with Gasteiger partial charge in [-0.15, -0.1) is 0 Å². The molecule has 25 heavy (non-hydrogen) atoms. The molecule has 0 bridgehead atoms. The largest absolute Gasteiger partial charge is 0.0945 e. The van der Waals surface area contributed by atoms with E-state index in [4.69, 9.17) is 0 Å². The molecule has 0 saturated heterocycles. The van der Waals surface area contributed by atoms with E-state index in [9.17, 15) is 0 Å². The highest BCUT2D eigenvalue weighted by Crippen LogP contribution is 2.35. The van der Waals surface area contributed by atoms with Crippen LogP contribution in [-0.2, 0) is 6.42 Å². The third-order valence-corrected chi connectivity index (χ3v) is 5.47. The predicted molar refractivity (Wildman–Crippen MR) is 108 cm³/mol. The maximum Gasteiger partial charge on any atom is 0.0245 e. The van der Waals surface area contributed by atoms with E-state index in [2.05, 4.69) is 74.2 Å². The van der Waals surface area contributed by atoms with Crippen LogP contribution in [0.3, 0.4) is 0 Å². The summed E-state index contributed by atoms with van der Waals surface area (Å²) in [6.45, 7) is 4.40. The Hall–Kier alpha value is -2.00. The van der Waals surface area contributed by atoms with Crippen LogP contribution in [0, 0.1) is 24.7 Å². The normalized spacial score (nSPS) is 19.9. The second-order valence-electron chi connectivity index (χ2n) is 7.53. The molecule has 1 aliphatic rings. The van der Waals surface area contributed by atoms with Crippen LogP contribution < -0.4 is 0 Å². The second kappa shape index (κ2) is 8.91. The summed E-state index contributed by atoms with van der Waals surface area (Å²) in [6.07, 6.45) is 8.74. The van der Waals surface area contributed by atoms with E-state index in [-0.39, 0.29) is 0 Å². The molecule has 0 spiro atoms. The molecule has 1 fully saturated rings. The molecule has 0 nitrogen and oxygen atoms in total. The molecule has 2 aromatic carbocycles. The van der Waals surface area contributed by atoms with Gasteiger partial charge in [0.15, 0.2) is 0 Å². The van der Waals surface area contributed by atoms with Crippen LogP contribution in [-0.4, -0.2) is 0 Å². The lowest BCUT2D eigenvalue weighted by molar-refractivity contribution is 0.384. The Balaban J connectivity index is 1.52. The van der Waals surface area contributed by atoms with Gasteiger partial charge in [0.2, 0.25) is 0 Å². The zero-order valence-electron chi connectivity index (χ0n) is 15.7. The Labute approximate surface area is 153 Å². The molecule has 0 unspecified atom stereocenters. The molecule has 0 N–H and O–H groups in total. The SMILES string of the molecule is CCCCc1ccc(C#CC2CCC(c3ccc(C)cc3)CC2)cc1. The van der Waals surface area contributed by atoms with Crippen molar-refractivity contribution in [2.24, 2.45) is 5.92 Å². The first-order valence-corrected chi connectivity index (χ1v) is 9.91. The summed E-state index contributed by atoms with van der Waals surface area (Å²) in [5, 5.41) is 0. The van der Waals surface area contributed by atoms with Crippen molar-refractivity contribution in [3.8, 4) is 11.8 Å². The summed E-state index contributed by atoms with van der Waals surface area (Å²) < 4.78 is 0. The first kappa shape index (κ1) is 17.8. The summed E-state index contributed by atoms with van der Waals surface area (Å²) in [7, 11) is 0. The highest BCUT2D eigenvalue weighted by Gasteiger charge is 2.20. The maximum atomic E-state index is 3.53. The molecule has 0 heterocycles. The van der Waals surface area contributed by atoms with Crippen LogP contribution in [0.4, 0.5) is 0 Å². The number of unbranched alkanes of at least 4 members (excludes halogenated alkanes) is 1.